The summed E-state index contributed by atoms with van der Waals surface area (Å²) in [7, 11) is -3.65. The van der Waals surface area contributed by atoms with Gasteiger partial charge in [-0.1, -0.05) is 6.07 Å². The molecule has 108 valence electrons. The van der Waals surface area contributed by atoms with Crippen LogP contribution < -0.4 is 10.5 Å². The first-order chi connectivity index (χ1) is 9.54. The molecule has 20 heavy (non-hydrogen) atoms. The molecule has 0 saturated heterocycles. The van der Waals surface area contributed by atoms with Crippen LogP contribution >= 0.6 is 0 Å². The van der Waals surface area contributed by atoms with Gasteiger partial charge in [0.15, 0.2) is 5.03 Å². The number of hydrogen-bond acceptors (Lipinski definition) is 5. The molecule has 0 fully saturated rings. The number of nitrogens with two attached hydrogens (primary N) is 1. The van der Waals surface area contributed by atoms with Gasteiger partial charge in [-0.25, -0.2) is 13.1 Å². The molecular formula is C12H17N5O2S. The van der Waals surface area contributed by atoms with Gasteiger partial charge in [0.1, 0.15) is 0 Å². The Hall–Kier alpha value is -1.77. The summed E-state index contributed by atoms with van der Waals surface area (Å²) in [6.07, 6.45) is 2.19. The van der Waals surface area contributed by atoms with Crippen molar-refractivity contribution in [3.8, 4) is 0 Å². The lowest BCUT2D eigenvalue weighted by Gasteiger charge is -2.05. The third kappa shape index (κ3) is 3.21. The highest BCUT2D eigenvalue weighted by Gasteiger charge is 2.22. The second-order valence-electron chi connectivity index (χ2n) is 4.31. The number of aromatic nitrogens is 3. The van der Waals surface area contributed by atoms with Crippen LogP contribution in [-0.4, -0.2) is 30.1 Å². The minimum absolute atomic E-state index is 0.0291. The van der Waals surface area contributed by atoms with Crippen LogP contribution in [0.1, 0.15) is 17.0 Å². The Bertz CT molecular complexity index is 666. The van der Waals surface area contributed by atoms with Crippen LogP contribution in [0, 0.1) is 6.92 Å². The molecule has 0 unspecified atom stereocenters. The van der Waals surface area contributed by atoms with Gasteiger partial charge < -0.3 is 5.73 Å². The molecular weight excluding hydrogens is 278 g/mol. The van der Waals surface area contributed by atoms with Crippen molar-refractivity contribution in [3.63, 3.8) is 0 Å². The summed E-state index contributed by atoms with van der Waals surface area (Å²) in [5.41, 5.74) is 7.55. The second kappa shape index (κ2) is 6.12. The van der Waals surface area contributed by atoms with Gasteiger partial charge in [-0.2, -0.15) is 5.10 Å². The molecule has 0 radical (unpaired) electrons. The Morgan fingerprint density at radius 1 is 1.40 bits per heavy atom. The Morgan fingerprint density at radius 2 is 2.20 bits per heavy atom. The van der Waals surface area contributed by atoms with E-state index in [1.165, 1.54) is 0 Å². The van der Waals surface area contributed by atoms with E-state index in [2.05, 4.69) is 19.9 Å². The average Bonchev–Trinajstić information content (AvgIpc) is 2.81. The number of aromatic amines is 1. The van der Waals surface area contributed by atoms with Crippen LogP contribution in [0.3, 0.4) is 0 Å². The first-order valence-electron chi connectivity index (χ1n) is 6.18. The molecule has 0 aliphatic carbocycles. The zero-order valence-electron chi connectivity index (χ0n) is 11.1. The molecule has 2 rings (SSSR count). The summed E-state index contributed by atoms with van der Waals surface area (Å²) in [6, 6.07) is 5.52. The summed E-state index contributed by atoms with van der Waals surface area (Å²) < 4.78 is 26.8. The van der Waals surface area contributed by atoms with Crippen molar-refractivity contribution in [3.05, 3.63) is 41.3 Å². The van der Waals surface area contributed by atoms with Crippen LogP contribution in [0.4, 0.5) is 0 Å². The fourth-order valence-electron chi connectivity index (χ4n) is 1.82. The molecule has 7 nitrogen and oxygen atoms in total. The normalized spacial score (nSPS) is 11.7. The molecule has 2 aromatic rings. The summed E-state index contributed by atoms with van der Waals surface area (Å²) in [4.78, 5) is 4.13. The number of nitrogens with one attached hydrogen (secondary N) is 2. The maximum absolute atomic E-state index is 12.1. The largest absolute Gasteiger partial charge is 0.326 e. The van der Waals surface area contributed by atoms with Crippen LogP contribution in [0.5, 0.6) is 0 Å². The molecule has 0 atom stereocenters. The molecule has 0 amide bonds. The quantitative estimate of drug-likeness (QED) is 0.699. The number of nitrogens with zero attached hydrogens (tertiary/aromatic N) is 2. The first-order valence-corrected chi connectivity index (χ1v) is 7.66. The summed E-state index contributed by atoms with van der Waals surface area (Å²) in [5, 5.41) is 6.42. The minimum atomic E-state index is -3.65. The van der Waals surface area contributed by atoms with E-state index < -0.39 is 10.0 Å². The van der Waals surface area contributed by atoms with Crippen molar-refractivity contribution in [1.82, 2.24) is 19.9 Å². The number of pyridine rings is 1. The van der Waals surface area contributed by atoms with E-state index in [-0.39, 0.29) is 18.1 Å². The van der Waals surface area contributed by atoms with Crippen molar-refractivity contribution in [2.24, 2.45) is 5.73 Å². The molecule has 0 saturated carbocycles. The Kier molecular flexibility index (Phi) is 4.48. The molecule has 8 heteroatoms. The highest BCUT2D eigenvalue weighted by molar-refractivity contribution is 7.89. The number of hydrogen-bond donors (Lipinski definition) is 3. The average molecular weight is 295 g/mol. The molecule has 0 aliphatic rings. The van der Waals surface area contributed by atoms with Crippen LogP contribution in [0.2, 0.25) is 0 Å². The maximum Gasteiger partial charge on any atom is 0.260 e. The van der Waals surface area contributed by atoms with E-state index in [1.54, 1.807) is 13.1 Å². The second-order valence-corrected chi connectivity index (χ2v) is 5.99. The highest BCUT2D eigenvalue weighted by atomic mass is 32.2. The molecule has 0 spiro atoms. The highest BCUT2D eigenvalue weighted by Crippen LogP contribution is 2.14. The fourth-order valence-corrected chi connectivity index (χ4v) is 3.05. The lowest BCUT2D eigenvalue weighted by molar-refractivity contribution is 0.575. The molecule has 2 heterocycles. The molecule has 0 aromatic carbocycles. The van der Waals surface area contributed by atoms with Crippen molar-refractivity contribution < 1.29 is 8.42 Å². The standard InChI is InChI=1S/C12H17N5O2S/c1-9-11(8-13)12(17-16-9)20(18,19)15-7-5-10-4-2-3-6-14-10/h2-4,6,15H,5,7-8,13H2,1H3,(H,16,17). The van der Waals surface area contributed by atoms with Crippen LogP contribution in [-0.2, 0) is 23.0 Å². The van der Waals surface area contributed by atoms with Gasteiger partial charge in [0.05, 0.1) is 0 Å². The van der Waals surface area contributed by atoms with Gasteiger partial charge in [0.25, 0.3) is 10.0 Å². The predicted octanol–water partition coefficient (Wildman–Crippen LogP) is 0.0928. The van der Waals surface area contributed by atoms with E-state index in [0.717, 1.165) is 5.69 Å². The maximum atomic E-state index is 12.1. The van der Waals surface area contributed by atoms with Crippen molar-refractivity contribution in [2.45, 2.75) is 24.9 Å². The lowest BCUT2D eigenvalue weighted by Crippen LogP contribution is -2.27. The van der Waals surface area contributed by atoms with Gasteiger partial charge in [0.2, 0.25) is 0 Å². The summed E-state index contributed by atoms with van der Waals surface area (Å²) in [6.45, 7) is 2.12. The third-order valence-corrected chi connectivity index (χ3v) is 4.32. The van der Waals surface area contributed by atoms with Gasteiger partial charge in [-0.3, -0.25) is 10.1 Å². The van der Waals surface area contributed by atoms with E-state index in [9.17, 15) is 8.42 Å². The fraction of sp³-hybridized carbons (Fsp3) is 0.333. The van der Waals surface area contributed by atoms with E-state index in [1.807, 2.05) is 18.2 Å². The number of rotatable bonds is 6. The van der Waals surface area contributed by atoms with Crippen molar-refractivity contribution in [1.29, 1.82) is 0 Å². The Labute approximate surface area is 117 Å². The summed E-state index contributed by atoms with van der Waals surface area (Å²) >= 11 is 0. The topological polar surface area (TPSA) is 114 Å². The van der Waals surface area contributed by atoms with Gasteiger partial charge in [-0.15, -0.1) is 0 Å². The van der Waals surface area contributed by atoms with E-state index in [0.29, 0.717) is 17.7 Å². The number of sulfonamides is 1. The number of aryl methyl sites for hydroxylation is 1. The van der Waals surface area contributed by atoms with Crippen molar-refractivity contribution in [2.75, 3.05) is 6.54 Å². The van der Waals surface area contributed by atoms with Crippen LogP contribution in [0.15, 0.2) is 29.4 Å². The molecule has 0 bridgehead atoms. The van der Waals surface area contributed by atoms with Crippen LogP contribution in [0.25, 0.3) is 0 Å². The minimum Gasteiger partial charge on any atom is -0.326 e. The Morgan fingerprint density at radius 3 is 2.85 bits per heavy atom. The van der Waals surface area contributed by atoms with E-state index >= 15 is 0 Å². The van der Waals surface area contributed by atoms with Gasteiger partial charge in [0, 0.05) is 42.7 Å². The predicted molar refractivity (Wildman–Crippen MR) is 74.3 cm³/mol. The number of H-pyrrole nitrogens is 1. The molecule has 0 aliphatic heterocycles. The van der Waals surface area contributed by atoms with Crippen molar-refractivity contribution >= 4 is 10.0 Å². The molecule has 2 aromatic heterocycles. The smallest absolute Gasteiger partial charge is 0.260 e. The first kappa shape index (κ1) is 14.6. The lowest BCUT2D eigenvalue weighted by atomic mass is 10.3. The monoisotopic (exact) mass is 295 g/mol. The summed E-state index contributed by atoms with van der Waals surface area (Å²) in [5.74, 6) is 0. The van der Waals surface area contributed by atoms with E-state index in [4.69, 9.17) is 5.73 Å². The SMILES string of the molecule is Cc1[nH]nc(S(=O)(=O)NCCc2ccccn2)c1CN. The van der Waals surface area contributed by atoms with Gasteiger partial charge >= 0.3 is 0 Å². The third-order valence-electron chi connectivity index (χ3n) is 2.89. The molecule has 4 N–H and O–H groups in total. The Balaban J connectivity index is 2.04. The zero-order valence-corrected chi connectivity index (χ0v) is 11.9. The van der Waals surface area contributed by atoms with Gasteiger partial charge in [-0.05, 0) is 19.1 Å². The zero-order chi connectivity index (χ0) is 14.6.